The lowest BCUT2D eigenvalue weighted by Crippen LogP contribution is -2.53. The Morgan fingerprint density at radius 3 is 2.70 bits per heavy atom. The van der Waals surface area contributed by atoms with Gasteiger partial charge in [0.15, 0.2) is 0 Å². The molecule has 0 unspecified atom stereocenters. The van der Waals surface area contributed by atoms with E-state index in [0.717, 1.165) is 49.7 Å². The van der Waals surface area contributed by atoms with Crippen molar-refractivity contribution >= 4 is 12.0 Å². The molecule has 1 N–H and O–H groups in total. The van der Waals surface area contributed by atoms with Gasteiger partial charge in [-0.25, -0.2) is 14.8 Å². The molecule has 0 bridgehead atoms. The predicted octanol–water partition coefficient (Wildman–Crippen LogP) is 2.15. The van der Waals surface area contributed by atoms with Crippen molar-refractivity contribution in [2.75, 3.05) is 44.2 Å². The molecule has 27 heavy (non-hydrogen) atoms. The highest BCUT2D eigenvalue weighted by Gasteiger charge is 2.24. The molecule has 1 aromatic carbocycles. The van der Waals surface area contributed by atoms with Gasteiger partial charge in [-0.3, -0.25) is 0 Å². The Labute approximate surface area is 159 Å². The SMILES string of the molecule is O=C(NC[C@H]1CCCO1)N1CCN(c2nccc(-c3ccccc3)n2)CC1. The summed E-state index contributed by atoms with van der Waals surface area (Å²) in [4.78, 5) is 25.5. The van der Waals surface area contributed by atoms with Crippen molar-refractivity contribution < 1.29 is 9.53 Å². The largest absolute Gasteiger partial charge is 0.376 e. The van der Waals surface area contributed by atoms with E-state index in [4.69, 9.17) is 9.72 Å². The zero-order valence-corrected chi connectivity index (χ0v) is 15.4. The van der Waals surface area contributed by atoms with Gasteiger partial charge in [-0.15, -0.1) is 0 Å². The molecule has 4 rings (SSSR count). The summed E-state index contributed by atoms with van der Waals surface area (Å²) in [5, 5.41) is 2.99. The predicted molar refractivity (Wildman–Crippen MR) is 104 cm³/mol. The Morgan fingerprint density at radius 2 is 1.96 bits per heavy atom. The standard InChI is InChI=1S/C20H25N5O2/c26-20(22-15-17-7-4-14-27-17)25-12-10-24(11-13-25)19-21-9-8-18(23-19)16-5-2-1-3-6-16/h1-3,5-6,8-9,17H,4,7,10-15H2,(H,22,26)/t17-/m1/s1. The summed E-state index contributed by atoms with van der Waals surface area (Å²) < 4.78 is 5.56. The fourth-order valence-electron chi connectivity index (χ4n) is 3.50. The monoisotopic (exact) mass is 367 g/mol. The van der Waals surface area contributed by atoms with Crippen LogP contribution in [0.15, 0.2) is 42.6 Å². The fraction of sp³-hybridized carbons (Fsp3) is 0.450. The molecule has 2 aromatic rings. The number of rotatable bonds is 4. The lowest BCUT2D eigenvalue weighted by molar-refractivity contribution is 0.108. The lowest BCUT2D eigenvalue weighted by Gasteiger charge is -2.34. The average Bonchev–Trinajstić information content (AvgIpc) is 3.27. The minimum Gasteiger partial charge on any atom is -0.376 e. The molecule has 2 amide bonds. The number of nitrogens with one attached hydrogen (secondary N) is 1. The number of piperazine rings is 1. The minimum atomic E-state index is -0.0101. The molecular formula is C20H25N5O2. The molecule has 0 spiro atoms. The molecule has 2 aliphatic heterocycles. The molecule has 0 saturated carbocycles. The highest BCUT2D eigenvalue weighted by atomic mass is 16.5. The van der Waals surface area contributed by atoms with Crippen LogP contribution in [-0.2, 0) is 4.74 Å². The van der Waals surface area contributed by atoms with Gasteiger partial charge in [-0.2, -0.15) is 0 Å². The van der Waals surface area contributed by atoms with E-state index < -0.39 is 0 Å². The molecule has 0 aliphatic carbocycles. The third-order valence-electron chi connectivity index (χ3n) is 5.07. The maximum atomic E-state index is 12.3. The van der Waals surface area contributed by atoms with E-state index in [1.54, 1.807) is 6.20 Å². The van der Waals surface area contributed by atoms with E-state index in [-0.39, 0.29) is 12.1 Å². The maximum absolute atomic E-state index is 12.3. The third-order valence-corrected chi connectivity index (χ3v) is 5.07. The summed E-state index contributed by atoms with van der Waals surface area (Å²) in [6.45, 7) is 4.19. The van der Waals surface area contributed by atoms with Gasteiger partial charge in [0.1, 0.15) is 0 Å². The first-order chi connectivity index (χ1) is 13.3. The highest BCUT2D eigenvalue weighted by Crippen LogP contribution is 2.19. The Kier molecular flexibility index (Phi) is 5.48. The van der Waals surface area contributed by atoms with Crippen molar-refractivity contribution in [1.29, 1.82) is 0 Å². The van der Waals surface area contributed by atoms with E-state index in [0.29, 0.717) is 19.6 Å². The molecule has 7 nitrogen and oxygen atoms in total. The molecule has 1 atom stereocenters. The Morgan fingerprint density at radius 1 is 1.15 bits per heavy atom. The van der Waals surface area contributed by atoms with Gasteiger partial charge in [0.2, 0.25) is 5.95 Å². The second-order valence-electron chi connectivity index (χ2n) is 6.90. The topological polar surface area (TPSA) is 70.6 Å². The zero-order valence-electron chi connectivity index (χ0n) is 15.4. The van der Waals surface area contributed by atoms with E-state index in [9.17, 15) is 4.79 Å². The van der Waals surface area contributed by atoms with Crippen molar-refractivity contribution in [2.45, 2.75) is 18.9 Å². The number of carbonyl (C=O) groups excluding carboxylic acids is 1. The molecule has 2 saturated heterocycles. The summed E-state index contributed by atoms with van der Waals surface area (Å²) in [5.74, 6) is 0.718. The number of nitrogens with zero attached hydrogens (tertiary/aromatic N) is 4. The van der Waals surface area contributed by atoms with Crippen LogP contribution in [0.2, 0.25) is 0 Å². The van der Waals surface area contributed by atoms with Crippen LogP contribution >= 0.6 is 0 Å². The molecule has 2 fully saturated rings. The number of amides is 2. The number of carbonyl (C=O) groups is 1. The average molecular weight is 367 g/mol. The van der Waals surface area contributed by atoms with Crippen LogP contribution < -0.4 is 10.2 Å². The Hall–Kier alpha value is -2.67. The maximum Gasteiger partial charge on any atom is 0.317 e. The lowest BCUT2D eigenvalue weighted by atomic mass is 10.1. The molecule has 1 aromatic heterocycles. The Bertz CT molecular complexity index is 756. The zero-order chi connectivity index (χ0) is 18.5. The number of urea groups is 1. The first-order valence-electron chi connectivity index (χ1n) is 9.57. The van der Waals surface area contributed by atoms with Crippen molar-refractivity contribution in [1.82, 2.24) is 20.2 Å². The van der Waals surface area contributed by atoms with Gasteiger partial charge in [0.05, 0.1) is 11.8 Å². The van der Waals surface area contributed by atoms with Crippen LogP contribution in [0, 0.1) is 0 Å². The van der Waals surface area contributed by atoms with Crippen molar-refractivity contribution in [3.8, 4) is 11.3 Å². The van der Waals surface area contributed by atoms with Gasteiger partial charge in [0, 0.05) is 51.1 Å². The van der Waals surface area contributed by atoms with Crippen LogP contribution in [0.4, 0.5) is 10.7 Å². The molecule has 2 aliphatic rings. The first-order valence-corrected chi connectivity index (χ1v) is 9.57. The van der Waals surface area contributed by atoms with Gasteiger partial charge < -0.3 is 19.9 Å². The first kappa shape index (κ1) is 17.7. The number of ether oxygens (including phenoxy) is 1. The second kappa shape index (κ2) is 8.35. The van der Waals surface area contributed by atoms with Crippen LogP contribution in [0.5, 0.6) is 0 Å². The molecule has 3 heterocycles. The van der Waals surface area contributed by atoms with Crippen molar-refractivity contribution in [3.63, 3.8) is 0 Å². The molecular weight excluding hydrogens is 342 g/mol. The second-order valence-corrected chi connectivity index (χ2v) is 6.90. The van der Waals surface area contributed by atoms with E-state index >= 15 is 0 Å². The van der Waals surface area contributed by atoms with Gasteiger partial charge in [0.25, 0.3) is 0 Å². The van der Waals surface area contributed by atoms with Crippen LogP contribution in [0.25, 0.3) is 11.3 Å². The van der Waals surface area contributed by atoms with Gasteiger partial charge in [-0.05, 0) is 18.9 Å². The smallest absolute Gasteiger partial charge is 0.317 e. The number of hydrogen-bond acceptors (Lipinski definition) is 5. The summed E-state index contributed by atoms with van der Waals surface area (Å²) >= 11 is 0. The summed E-state index contributed by atoms with van der Waals surface area (Å²) in [5.41, 5.74) is 1.99. The fourth-order valence-corrected chi connectivity index (χ4v) is 3.50. The third kappa shape index (κ3) is 4.36. The summed E-state index contributed by atoms with van der Waals surface area (Å²) in [6.07, 6.45) is 4.08. The number of anilines is 1. The van der Waals surface area contributed by atoms with Gasteiger partial charge >= 0.3 is 6.03 Å². The van der Waals surface area contributed by atoms with Crippen LogP contribution in [0.1, 0.15) is 12.8 Å². The normalized spacial score (nSPS) is 19.9. The highest BCUT2D eigenvalue weighted by molar-refractivity contribution is 5.74. The van der Waals surface area contributed by atoms with Crippen LogP contribution in [-0.4, -0.2) is 66.3 Å². The van der Waals surface area contributed by atoms with E-state index in [2.05, 4.69) is 15.2 Å². The van der Waals surface area contributed by atoms with Crippen molar-refractivity contribution in [3.05, 3.63) is 42.6 Å². The number of hydrogen-bond donors (Lipinski definition) is 1. The number of aromatic nitrogens is 2. The van der Waals surface area contributed by atoms with Crippen LogP contribution in [0.3, 0.4) is 0 Å². The summed E-state index contributed by atoms with van der Waals surface area (Å²) in [7, 11) is 0. The summed E-state index contributed by atoms with van der Waals surface area (Å²) in [6, 6.07) is 12.0. The Balaban J connectivity index is 1.32. The molecule has 142 valence electrons. The molecule has 0 radical (unpaired) electrons. The molecule has 7 heteroatoms. The van der Waals surface area contributed by atoms with E-state index in [1.165, 1.54) is 0 Å². The minimum absolute atomic E-state index is 0.0101. The van der Waals surface area contributed by atoms with Gasteiger partial charge in [-0.1, -0.05) is 30.3 Å². The number of benzene rings is 1. The van der Waals surface area contributed by atoms with E-state index in [1.807, 2.05) is 41.3 Å². The van der Waals surface area contributed by atoms with Crippen molar-refractivity contribution in [2.24, 2.45) is 0 Å². The quantitative estimate of drug-likeness (QED) is 0.897.